The predicted octanol–water partition coefficient (Wildman–Crippen LogP) is 2.07. The van der Waals surface area contributed by atoms with Crippen LogP contribution in [-0.4, -0.2) is 12.6 Å². The largest absolute Gasteiger partial charge is 0.303 e. The molecule has 3 aliphatic carbocycles. The van der Waals surface area contributed by atoms with Gasteiger partial charge in [-0.3, -0.25) is 0 Å². The molecule has 3 aliphatic rings. The molecule has 15 heavy (non-hydrogen) atoms. The molecule has 0 radical (unpaired) electrons. The number of fused-ring (bicyclic) bond motifs is 5. The van der Waals surface area contributed by atoms with E-state index in [0.29, 0.717) is 29.6 Å². The predicted molar refractivity (Wildman–Crippen MR) is 56.2 cm³/mol. The van der Waals surface area contributed by atoms with E-state index >= 15 is 0 Å². The van der Waals surface area contributed by atoms with Gasteiger partial charge in [-0.15, -0.1) is 0 Å². The molecule has 0 N–H and O–H groups in total. The van der Waals surface area contributed by atoms with E-state index in [2.05, 4.69) is 0 Å². The maximum Gasteiger partial charge on any atom is 0.123 e. The topological polar surface area (TPSA) is 34.1 Å². The lowest BCUT2D eigenvalue weighted by Crippen LogP contribution is -2.22. The molecule has 3 fully saturated rings. The molecule has 6 atom stereocenters. The number of rotatable bonds is 3. The zero-order valence-electron chi connectivity index (χ0n) is 8.97. The van der Waals surface area contributed by atoms with Crippen LogP contribution in [0, 0.1) is 35.5 Å². The molecular formula is C13H18O2. The lowest BCUT2D eigenvalue weighted by Gasteiger charge is -2.27. The minimum Gasteiger partial charge on any atom is -0.303 e. The van der Waals surface area contributed by atoms with Crippen molar-refractivity contribution in [2.24, 2.45) is 35.5 Å². The van der Waals surface area contributed by atoms with Crippen LogP contribution in [0.25, 0.3) is 0 Å². The third-order valence-electron chi connectivity index (χ3n) is 5.33. The Bertz CT molecular complexity index is 286. The van der Waals surface area contributed by atoms with Gasteiger partial charge in [0.15, 0.2) is 0 Å². The van der Waals surface area contributed by atoms with Crippen molar-refractivity contribution in [1.82, 2.24) is 0 Å². The van der Waals surface area contributed by atoms with E-state index in [9.17, 15) is 9.59 Å². The van der Waals surface area contributed by atoms with Gasteiger partial charge in [-0.25, -0.2) is 0 Å². The van der Waals surface area contributed by atoms with Gasteiger partial charge in [-0.05, 0) is 55.3 Å². The molecule has 6 unspecified atom stereocenters. The molecule has 0 aromatic carbocycles. The Morgan fingerprint density at radius 2 is 1.67 bits per heavy atom. The average Bonchev–Trinajstić information content (AvgIpc) is 2.88. The first-order chi connectivity index (χ1) is 7.36. The van der Waals surface area contributed by atoms with Crippen LogP contribution in [0.3, 0.4) is 0 Å². The third-order valence-corrected chi connectivity index (χ3v) is 5.33. The second kappa shape index (κ2) is 3.43. The molecule has 0 saturated heterocycles. The van der Waals surface area contributed by atoms with Crippen molar-refractivity contribution in [2.75, 3.05) is 0 Å². The second-order valence-corrected chi connectivity index (χ2v) is 5.60. The van der Waals surface area contributed by atoms with Crippen molar-refractivity contribution in [1.29, 1.82) is 0 Å². The van der Waals surface area contributed by atoms with Gasteiger partial charge < -0.3 is 9.59 Å². The number of aldehydes is 2. The third kappa shape index (κ3) is 1.17. The minimum absolute atomic E-state index is 0.342. The highest BCUT2D eigenvalue weighted by Crippen LogP contribution is 2.63. The van der Waals surface area contributed by atoms with Gasteiger partial charge in [0, 0.05) is 12.3 Å². The molecular weight excluding hydrogens is 188 g/mol. The Hall–Kier alpha value is -0.660. The van der Waals surface area contributed by atoms with E-state index in [-0.39, 0.29) is 0 Å². The fraction of sp³-hybridized carbons (Fsp3) is 0.846. The van der Waals surface area contributed by atoms with Gasteiger partial charge >= 0.3 is 0 Å². The highest BCUT2D eigenvalue weighted by Gasteiger charge is 2.58. The monoisotopic (exact) mass is 206 g/mol. The first-order valence-electron chi connectivity index (χ1n) is 6.25. The molecule has 0 amide bonds. The molecule has 0 aromatic heterocycles. The lowest BCUT2D eigenvalue weighted by molar-refractivity contribution is -0.112. The van der Waals surface area contributed by atoms with Gasteiger partial charge in [0.1, 0.15) is 12.6 Å². The van der Waals surface area contributed by atoms with Crippen LogP contribution in [0.4, 0.5) is 0 Å². The van der Waals surface area contributed by atoms with Gasteiger partial charge in [-0.2, -0.15) is 0 Å². The summed E-state index contributed by atoms with van der Waals surface area (Å²) >= 11 is 0. The Kier molecular flexibility index (Phi) is 2.18. The van der Waals surface area contributed by atoms with Crippen LogP contribution in [0.1, 0.15) is 32.1 Å². The molecule has 0 spiro atoms. The van der Waals surface area contributed by atoms with Crippen molar-refractivity contribution in [2.45, 2.75) is 32.1 Å². The molecule has 0 aromatic rings. The summed E-state index contributed by atoms with van der Waals surface area (Å²) in [7, 11) is 0. The van der Waals surface area contributed by atoms with E-state index in [4.69, 9.17) is 0 Å². The van der Waals surface area contributed by atoms with Gasteiger partial charge in [-0.1, -0.05) is 0 Å². The van der Waals surface area contributed by atoms with Crippen LogP contribution in [-0.2, 0) is 9.59 Å². The van der Waals surface area contributed by atoms with Gasteiger partial charge in [0.25, 0.3) is 0 Å². The minimum atomic E-state index is 0.342. The lowest BCUT2D eigenvalue weighted by atomic mass is 9.77. The van der Waals surface area contributed by atoms with E-state index in [1.165, 1.54) is 32.0 Å². The summed E-state index contributed by atoms with van der Waals surface area (Å²) in [6, 6.07) is 0. The molecule has 3 saturated carbocycles. The number of carbonyl (C=O) groups is 2. The summed E-state index contributed by atoms with van der Waals surface area (Å²) in [6.45, 7) is 0. The maximum absolute atomic E-state index is 11.1. The molecule has 82 valence electrons. The quantitative estimate of drug-likeness (QED) is 0.662. The second-order valence-electron chi connectivity index (χ2n) is 5.60. The van der Waals surface area contributed by atoms with Crippen LogP contribution in [0.15, 0.2) is 0 Å². The molecule has 0 aliphatic heterocycles. The Balaban J connectivity index is 1.84. The van der Waals surface area contributed by atoms with Crippen LogP contribution in [0.5, 0.6) is 0 Å². The van der Waals surface area contributed by atoms with Crippen molar-refractivity contribution in [3.63, 3.8) is 0 Å². The molecule has 2 nitrogen and oxygen atoms in total. The smallest absolute Gasteiger partial charge is 0.123 e. The maximum atomic E-state index is 11.1. The Labute approximate surface area is 90.4 Å². The number of carbonyl (C=O) groups excluding carboxylic acids is 2. The average molecular weight is 206 g/mol. The molecule has 2 heteroatoms. The summed E-state index contributed by atoms with van der Waals surface area (Å²) in [5, 5.41) is 0. The summed E-state index contributed by atoms with van der Waals surface area (Å²) in [5.41, 5.74) is 0. The van der Waals surface area contributed by atoms with E-state index in [0.717, 1.165) is 18.6 Å². The van der Waals surface area contributed by atoms with Crippen LogP contribution < -0.4 is 0 Å². The van der Waals surface area contributed by atoms with Gasteiger partial charge in [0.2, 0.25) is 0 Å². The van der Waals surface area contributed by atoms with Crippen molar-refractivity contribution in [3.05, 3.63) is 0 Å². The SMILES string of the molecule is O=CCC1CCC2C3CCC(C3C=O)C12. The zero-order chi connectivity index (χ0) is 10.4. The Morgan fingerprint density at radius 3 is 2.40 bits per heavy atom. The normalized spacial score (nSPS) is 51.7. The fourth-order valence-electron chi connectivity index (χ4n) is 4.94. The van der Waals surface area contributed by atoms with E-state index < -0.39 is 0 Å². The number of hydrogen-bond acceptors (Lipinski definition) is 2. The molecule has 0 heterocycles. The standard InChI is InChI=1S/C13H18O2/c14-6-5-8-1-2-10-9-3-4-11(13(8)10)12(9)7-15/h6-13H,1-5H2. The highest BCUT2D eigenvalue weighted by atomic mass is 16.1. The Morgan fingerprint density at radius 1 is 0.933 bits per heavy atom. The first kappa shape index (κ1) is 9.56. The van der Waals surface area contributed by atoms with Crippen LogP contribution in [0.2, 0.25) is 0 Å². The molecule has 2 bridgehead atoms. The van der Waals surface area contributed by atoms with E-state index in [1.807, 2.05) is 0 Å². The zero-order valence-corrected chi connectivity index (χ0v) is 8.97. The van der Waals surface area contributed by atoms with Crippen molar-refractivity contribution in [3.8, 4) is 0 Å². The van der Waals surface area contributed by atoms with Crippen molar-refractivity contribution >= 4 is 12.6 Å². The summed E-state index contributed by atoms with van der Waals surface area (Å²) < 4.78 is 0. The summed E-state index contributed by atoms with van der Waals surface area (Å²) in [4.78, 5) is 21.7. The number of hydrogen-bond donors (Lipinski definition) is 0. The fourth-order valence-corrected chi connectivity index (χ4v) is 4.94. The van der Waals surface area contributed by atoms with Gasteiger partial charge in [0.05, 0.1) is 0 Å². The molecule has 3 rings (SSSR count). The van der Waals surface area contributed by atoms with Crippen LogP contribution >= 0.6 is 0 Å². The first-order valence-corrected chi connectivity index (χ1v) is 6.25. The summed E-state index contributed by atoms with van der Waals surface area (Å²) in [5.74, 6) is 3.74. The van der Waals surface area contributed by atoms with Crippen molar-refractivity contribution < 1.29 is 9.59 Å². The summed E-state index contributed by atoms with van der Waals surface area (Å²) in [6.07, 6.45) is 8.03. The van der Waals surface area contributed by atoms with E-state index in [1.54, 1.807) is 0 Å². The highest BCUT2D eigenvalue weighted by molar-refractivity contribution is 5.57.